The van der Waals surface area contributed by atoms with Crippen LogP contribution in [0.5, 0.6) is 0 Å². The Balaban J connectivity index is 3.10. The molecule has 132 valence electrons. The molecule has 0 amide bonds. The quantitative estimate of drug-likeness (QED) is 0.229. The van der Waals surface area contributed by atoms with E-state index in [-0.39, 0.29) is 5.97 Å². The highest BCUT2D eigenvalue weighted by atomic mass is 32.2. The molecule has 0 saturated heterocycles. The Morgan fingerprint density at radius 1 is 0.727 bits per heavy atom. The van der Waals surface area contributed by atoms with E-state index >= 15 is 0 Å². The third kappa shape index (κ3) is 17.9. The number of ether oxygens (including phenoxy) is 1. The number of unbranched alkanes of at least 4 members (excludes halogenated alkanes) is 10. The van der Waals surface area contributed by atoms with Crippen molar-refractivity contribution >= 4 is 17.7 Å². The van der Waals surface area contributed by atoms with Gasteiger partial charge in [-0.15, -0.1) is 0 Å². The maximum absolute atomic E-state index is 11.5. The number of thioether (sulfide) groups is 1. The molecule has 0 unspecified atom stereocenters. The van der Waals surface area contributed by atoms with Crippen LogP contribution in [0.3, 0.4) is 0 Å². The second-order valence-corrected chi connectivity index (χ2v) is 7.34. The van der Waals surface area contributed by atoms with E-state index in [1.807, 2.05) is 11.8 Å². The molecule has 0 bridgehead atoms. The topological polar surface area (TPSA) is 26.3 Å². The van der Waals surface area contributed by atoms with Gasteiger partial charge in [-0.2, -0.15) is 11.8 Å². The first-order valence-corrected chi connectivity index (χ1v) is 10.7. The predicted molar refractivity (Wildman–Crippen MR) is 99.7 cm³/mol. The summed E-state index contributed by atoms with van der Waals surface area (Å²) in [5, 5.41) is 0. The summed E-state index contributed by atoms with van der Waals surface area (Å²) in [6.07, 6.45) is 16.2. The fraction of sp³-hybridized carbons (Fsp3) is 0.947. The van der Waals surface area contributed by atoms with Crippen LogP contribution >= 0.6 is 11.8 Å². The van der Waals surface area contributed by atoms with E-state index in [0.717, 1.165) is 12.2 Å². The summed E-state index contributed by atoms with van der Waals surface area (Å²) in [6.45, 7) is 5.08. The highest BCUT2D eigenvalue weighted by Gasteiger charge is 2.02. The SMILES string of the molecule is CCCCCCCCCCCCOC(=O)CCSCCCC. The fourth-order valence-corrected chi connectivity index (χ4v) is 3.36. The summed E-state index contributed by atoms with van der Waals surface area (Å²) in [7, 11) is 0. The minimum atomic E-state index is -0.0140. The minimum Gasteiger partial charge on any atom is -0.466 e. The molecule has 2 nitrogen and oxygen atoms in total. The summed E-state index contributed by atoms with van der Waals surface area (Å²) in [6, 6.07) is 0. The lowest BCUT2D eigenvalue weighted by molar-refractivity contribution is -0.143. The van der Waals surface area contributed by atoms with Crippen LogP contribution < -0.4 is 0 Å². The normalized spacial score (nSPS) is 10.8. The third-order valence-corrected chi connectivity index (χ3v) is 4.92. The van der Waals surface area contributed by atoms with E-state index in [4.69, 9.17) is 4.74 Å². The molecule has 0 aromatic carbocycles. The predicted octanol–water partition coefficient (Wildman–Crippen LogP) is 6.37. The van der Waals surface area contributed by atoms with Crippen molar-refractivity contribution in [2.24, 2.45) is 0 Å². The zero-order valence-electron chi connectivity index (χ0n) is 15.0. The zero-order valence-corrected chi connectivity index (χ0v) is 15.9. The van der Waals surface area contributed by atoms with E-state index in [1.165, 1.54) is 76.4 Å². The molecular weight excluding hydrogens is 292 g/mol. The second kappa shape index (κ2) is 18.9. The Hall–Kier alpha value is -0.180. The summed E-state index contributed by atoms with van der Waals surface area (Å²) in [5.41, 5.74) is 0. The van der Waals surface area contributed by atoms with Gasteiger partial charge >= 0.3 is 5.97 Å². The van der Waals surface area contributed by atoms with Gasteiger partial charge in [0.2, 0.25) is 0 Å². The van der Waals surface area contributed by atoms with Crippen LogP contribution in [0.15, 0.2) is 0 Å². The summed E-state index contributed by atoms with van der Waals surface area (Å²) >= 11 is 1.86. The van der Waals surface area contributed by atoms with Gasteiger partial charge in [-0.05, 0) is 18.6 Å². The van der Waals surface area contributed by atoms with Crippen molar-refractivity contribution in [3.8, 4) is 0 Å². The molecule has 3 heteroatoms. The number of hydrogen-bond acceptors (Lipinski definition) is 3. The largest absolute Gasteiger partial charge is 0.466 e. The molecule has 0 aromatic heterocycles. The second-order valence-electron chi connectivity index (χ2n) is 6.12. The van der Waals surface area contributed by atoms with Crippen LogP contribution in [-0.2, 0) is 9.53 Å². The lowest BCUT2D eigenvalue weighted by Crippen LogP contribution is -2.07. The Morgan fingerprint density at radius 3 is 1.86 bits per heavy atom. The molecule has 0 heterocycles. The lowest BCUT2D eigenvalue weighted by Gasteiger charge is -2.05. The summed E-state index contributed by atoms with van der Waals surface area (Å²) in [4.78, 5) is 11.5. The van der Waals surface area contributed by atoms with Crippen LogP contribution in [0.4, 0.5) is 0 Å². The monoisotopic (exact) mass is 330 g/mol. The first-order chi connectivity index (χ1) is 10.8. The molecule has 0 radical (unpaired) electrons. The van der Waals surface area contributed by atoms with Gasteiger partial charge < -0.3 is 4.74 Å². The van der Waals surface area contributed by atoms with E-state index < -0.39 is 0 Å². The van der Waals surface area contributed by atoms with Crippen LogP contribution in [0.25, 0.3) is 0 Å². The van der Waals surface area contributed by atoms with Crippen molar-refractivity contribution in [1.29, 1.82) is 0 Å². The van der Waals surface area contributed by atoms with E-state index in [2.05, 4.69) is 13.8 Å². The van der Waals surface area contributed by atoms with Crippen molar-refractivity contribution in [3.63, 3.8) is 0 Å². The van der Waals surface area contributed by atoms with Crippen molar-refractivity contribution in [3.05, 3.63) is 0 Å². The highest BCUT2D eigenvalue weighted by molar-refractivity contribution is 7.99. The van der Waals surface area contributed by atoms with Gasteiger partial charge in [0.15, 0.2) is 0 Å². The van der Waals surface area contributed by atoms with Crippen LogP contribution in [-0.4, -0.2) is 24.1 Å². The Bertz CT molecular complexity index is 231. The van der Waals surface area contributed by atoms with Crippen LogP contribution in [0.2, 0.25) is 0 Å². The zero-order chi connectivity index (χ0) is 16.3. The Kier molecular flexibility index (Phi) is 18.7. The molecule has 0 aromatic rings. The van der Waals surface area contributed by atoms with E-state index in [0.29, 0.717) is 13.0 Å². The van der Waals surface area contributed by atoms with Crippen molar-refractivity contribution in [1.82, 2.24) is 0 Å². The minimum absolute atomic E-state index is 0.0140. The van der Waals surface area contributed by atoms with Gasteiger partial charge in [-0.25, -0.2) is 0 Å². The molecule has 0 saturated carbocycles. The molecule has 0 N–H and O–H groups in total. The summed E-state index contributed by atoms with van der Waals surface area (Å²) in [5.74, 6) is 2.07. The first-order valence-electron chi connectivity index (χ1n) is 9.54. The molecule has 22 heavy (non-hydrogen) atoms. The number of hydrogen-bond donors (Lipinski definition) is 0. The molecule has 0 aliphatic rings. The molecular formula is C19H38O2S. The standard InChI is InChI=1S/C19H38O2S/c1-3-5-7-8-9-10-11-12-13-14-16-21-19(20)15-18-22-17-6-4-2/h3-18H2,1-2H3. The number of rotatable bonds is 17. The average Bonchev–Trinajstić information content (AvgIpc) is 2.52. The first kappa shape index (κ1) is 21.8. The smallest absolute Gasteiger partial charge is 0.306 e. The average molecular weight is 331 g/mol. The lowest BCUT2D eigenvalue weighted by atomic mass is 10.1. The van der Waals surface area contributed by atoms with Gasteiger partial charge in [-0.3, -0.25) is 4.79 Å². The number of carbonyl (C=O) groups is 1. The highest BCUT2D eigenvalue weighted by Crippen LogP contribution is 2.11. The number of carbonyl (C=O) groups excluding carboxylic acids is 1. The van der Waals surface area contributed by atoms with Crippen molar-refractivity contribution in [2.45, 2.75) is 97.3 Å². The number of esters is 1. The van der Waals surface area contributed by atoms with Gasteiger partial charge in [-0.1, -0.05) is 78.1 Å². The Labute approximate surface area is 143 Å². The van der Waals surface area contributed by atoms with Gasteiger partial charge in [0.25, 0.3) is 0 Å². The van der Waals surface area contributed by atoms with Gasteiger partial charge in [0.05, 0.1) is 13.0 Å². The van der Waals surface area contributed by atoms with Gasteiger partial charge in [0.1, 0.15) is 0 Å². The van der Waals surface area contributed by atoms with Crippen LogP contribution in [0.1, 0.15) is 97.3 Å². The Morgan fingerprint density at radius 2 is 1.27 bits per heavy atom. The molecule has 0 rings (SSSR count). The van der Waals surface area contributed by atoms with Gasteiger partial charge in [0, 0.05) is 5.75 Å². The summed E-state index contributed by atoms with van der Waals surface area (Å²) < 4.78 is 5.27. The maximum atomic E-state index is 11.5. The molecule has 0 aliphatic carbocycles. The molecule has 0 fully saturated rings. The molecule has 0 aliphatic heterocycles. The third-order valence-electron chi connectivity index (χ3n) is 3.85. The maximum Gasteiger partial charge on any atom is 0.306 e. The molecule has 0 atom stereocenters. The van der Waals surface area contributed by atoms with Crippen molar-refractivity contribution < 1.29 is 9.53 Å². The van der Waals surface area contributed by atoms with Crippen LogP contribution in [0, 0.1) is 0 Å². The van der Waals surface area contributed by atoms with E-state index in [9.17, 15) is 4.79 Å². The van der Waals surface area contributed by atoms with Crippen molar-refractivity contribution in [2.75, 3.05) is 18.1 Å². The van der Waals surface area contributed by atoms with E-state index in [1.54, 1.807) is 0 Å². The molecule has 0 spiro atoms. The fourth-order valence-electron chi connectivity index (χ4n) is 2.35.